The van der Waals surface area contributed by atoms with Gasteiger partial charge < -0.3 is 4.74 Å². The number of carbonyl (C=O) groups excluding carboxylic acids is 1. The van der Waals surface area contributed by atoms with Crippen LogP contribution >= 0.6 is 0 Å². The van der Waals surface area contributed by atoms with Gasteiger partial charge in [-0.1, -0.05) is 30.3 Å². The van der Waals surface area contributed by atoms with Crippen molar-refractivity contribution in [3.8, 4) is 0 Å². The number of hydrogen-bond acceptors (Lipinski definition) is 5. The molecule has 5 nitrogen and oxygen atoms in total. The van der Waals surface area contributed by atoms with Gasteiger partial charge in [0.05, 0.1) is 17.9 Å². The largest absolute Gasteiger partial charge is 0.464 e. The molecule has 1 saturated heterocycles. The summed E-state index contributed by atoms with van der Waals surface area (Å²) < 4.78 is 27.7. The van der Waals surface area contributed by atoms with E-state index in [0.717, 1.165) is 5.56 Å². The fourth-order valence-electron chi connectivity index (χ4n) is 2.08. The van der Waals surface area contributed by atoms with E-state index in [1.807, 2.05) is 35.2 Å². The van der Waals surface area contributed by atoms with Gasteiger partial charge in [0.2, 0.25) is 0 Å². The number of sulfone groups is 1. The first kappa shape index (κ1) is 15.0. The fourth-order valence-corrected chi connectivity index (χ4v) is 3.35. The normalized spacial score (nSPS) is 18.6. The minimum Gasteiger partial charge on any atom is -0.464 e. The molecule has 0 amide bonds. The predicted molar refractivity (Wildman–Crippen MR) is 76.2 cm³/mol. The lowest BCUT2D eigenvalue weighted by atomic mass is 10.2. The molecule has 20 heavy (non-hydrogen) atoms. The first-order valence-corrected chi connectivity index (χ1v) is 8.50. The molecule has 0 aromatic heterocycles. The lowest BCUT2D eigenvalue weighted by Gasteiger charge is -2.26. The third kappa shape index (κ3) is 4.94. The topological polar surface area (TPSA) is 63.7 Å². The summed E-state index contributed by atoms with van der Waals surface area (Å²) in [5.41, 5.74) is 0.932. The molecule has 0 unspecified atom stereocenters. The molecule has 6 heteroatoms. The van der Waals surface area contributed by atoms with Crippen LogP contribution in [-0.4, -0.2) is 57.0 Å². The van der Waals surface area contributed by atoms with Crippen LogP contribution in [0.5, 0.6) is 0 Å². The van der Waals surface area contributed by atoms with Crippen LogP contribution in [0.4, 0.5) is 0 Å². The molecule has 0 atom stereocenters. The maximum Gasteiger partial charge on any atom is 0.310 e. The third-order valence-electron chi connectivity index (χ3n) is 3.30. The van der Waals surface area contributed by atoms with Crippen LogP contribution in [0.2, 0.25) is 0 Å². The number of nitrogens with zero attached hydrogens (tertiary/aromatic N) is 1. The Morgan fingerprint density at radius 2 is 1.80 bits per heavy atom. The second-order valence-electron chi connectivity index (χ2n) is 4.88. The van der Waals surface area contributed by atoms with E-state index >= 15 is 0 Å². The Hall–Kier alpha value is -1.40. The van der Waals surface area contributed by atoms with E-state index in [9.17, 15) is 13.2 Å². The van der Waals surface area contributed by atoms with Crippen molar-refractivity contribution >= 4 is 15.8 Å². The van der Waals surface area contributed by atoms with Crippen molar-refractivity contribution in [2.75, 3.05) is 37.7 Å². The average Bonchev–Trinajstić information content (AvgIpc) is 2.42. The SMILES string of the molecule is O=C(Cc1ccccc1)OCCN1CCS(=O)(=O)CC1. The van der Waals surface area contributed by atoms with Gasteiger partial charge in [0.25, 0.3) is 0 Å². The van der Waals surface area contributed by atoms with E-state index < -0.39 is 9.84 Å². The zero-order chi connectivity index (χ0) is 14.4. The third-order valence-corrected chi connectivity index (χ3v) is 4.91. The van der Waals surface area contributed by atoms with E-state index in [1.165, 1.54) is 0 Å². The van der Waals surface area contributed by atoms with Gasteiger partial charge in [-0.25, -0.2) is 8.42 Å². The number of rotatable bonds is 5. The zero-order valence-electron chi connectivity index (χ0n) is 11.3. The van der Waals surface area contributed by atoms with Crippen LogP contribution < -0.4 is 0 Å². The first-order chi connectivity index (χ1) is 9.55. The Morgan fingerprint density at radius 1 is 1.15 bits per heavy atom. The van der Waals surface area contributed by atoms with Gasteiger partial charge in [0.1, 0.15) is 6.61 Å². The molecule has 1 fully saturated rings. The van der Waals surface area contributed by atoms with Crippen LogP contribution in [0.3, 0.4) is 0 Å². The Morgan fingerprint density at radius 3 is 2.45 bits per heavy atom. The summed E-state index contributed by atoms with van der Waals surface area (Å²) in [6, 6.07) is 9.44. The quantitative estimate of drug-likeness (QED) is 0.741. The van der Waals surface area contributed by atoms with Crippen molar-refractivity contribution in [1.29, 1.82) is 0 Å². The molecule has 2 rings (SSSR count). The molecule has 0 saturated carbocycles. The molecule has 1 aliphatic rings. The van der Waals surface area contributed by atoms with E-state index in [-0.39, 0.29) is 23.9 Å². The highest BCUT2D eigenvalue weighted by Gasteiger charge is 2.21. The van der Waals surface area contributed by atoms with Gasteiger partial charge in [0, 0.05) is 19.6 Å². The van der Waals surface area contributed by atoms with Crippen molar-refractivity contribution in [3.05, 3.63) is 35.9 Å². The molecule has 110 valence electrons. The molecule has 0 spiro atoms. The smallest absolute Gasteiger partial charge is 0.310 e. The minimum atomic E-state index is -2.85. The Labute approximate surface area is 119 Å². The van der Waals surface area contributed by atoms with E-state index in [0.29, 0.717) is 26.2 Å². The summed E-state index contributed by atoms with van der Waals surface area (Å²) >= 11 is 0. The van der Waals surface area contributed by atoms with Gasteiger partial charge in [-0.3, -0.25) is 9.69 Å². The second kappa shape index (κ2) is 6.85. The maximum atomic E-state index is 11.6. The highest BCUT2D eigenvalue weighted by molar-refractivity contribution is 7.91. The molecule has 1 heterocycles. The maximum absolute atomic E-state index is 11.6. The van der Waals surface area contributed by atoms with E-state index in [1.54, 1.807) is 0 Å². The summed E-state index contributed by atoms with van der Waals surface area (Å²) in [6.07, 6.45) is 0.273. The highest BCUT2D eigenvalue weighted by Crippen LogP contribution is 2.04. The number of hydrogen-bond donors (Lipinski definition) is 0. The predicted octanol–water partition coefficient (Wildman–Crippen LogP) is 0.503. The van der Waals surface area contributed by atoms with Crippen molar-refractivity contribution in [2.24, 2.45) is 0 Å². The van der Waals surface area contributed by atoms with Crippen molar-refractivity contribution in [2.45, 2.75) is 6.42 Å². The van der Waals surface area contributed by atoms with Crippen LogP contribution in [0.15, 0.2) is 30.3 Å². The summed E-state index contributed by atoms with van der Waals surface area (Å²) in [4.78, 5) is 13.6. The number of esters is 1. The summed E-state index contributed by atoms with van der Waals surface area (Å²) in [6.45, 7) is 1.96. The molecule has 1 aliphatic heterocycles. The van der Waals surface area contributed by atoms with Crippen LogP contribution in [0.1, 0.15) is 5.56 Å². The zero-order valence-corrected chi connectivity index (χ0v) is 12.1. The lowest BCUT2D eigenvalue weighted by Crippen LogP contribution is -2.41. The summed E-state index contributed by atoms with van der Waals surface area (Å²) in [7, 11) is -2.85. The summed E-state index contributed by atoms with van der Waals surface area (Å²) in [5.74, 6) is 0.150. The Bertz CT molecular complexity index is 528. The lowest BCUT2D eigenvalue weighted by molar-refractivity contribution is -0.143. The average molecular weight is 297 g/mol. The molecular weight excluding hydrogens is 278 g/mol. The monoisotopic (exact) mass is 297 g/mol. The number of carbonyl (C=O) groups is 1. The van der Waals surface area contributed by atoms with Gasteiger partial charge in [-0.2, -0.15) is 0 Å². The van der Waals surface area contributed by atoms with Gasteiger partial charge in [-0.15, -0.1) is 0 Å². The molecule has 0 radical (unpaired) electrons. The molecule has 0 N–H and O–H groups in total. The Balaban J connectivity index is 1.65. The molecule has 1 aromatic rings. The van der Waals surface area contributed by atoms with Gasteiger partial charge in [0.15, 0.2) is 9.84 Å². The van der Waals surface area contributed by atoms with E-state index in [2.05, 4.69) is 0 Å². The van der Waals surface area contributed by atoms with Crippen LogP contribution in [0.25, 0.3) is 0 Å². The Kier molecular flexibility index (Phi) is 5.14. The van der Waals surface area contributed by atoms with Crippen molar-refractivity contribution in [1.82, 2.24) is 4.90 Å². The minimum absolute atomic E-state index is 0.199. The molecule has 0 aliphatic carbocycles. The van der Waals surface area contributed by atoms with E-state index in [4.69, 9.17) is 4.74 Å². The van der Waals surface area contributed by atoms with Crippen molar-refractivity contribution < 1.29 is 17.9 Å². The summed E-state index contributed by atoms with van der Waals surface area (Å²) in [5, 5.41) is 0. The van der Waals surface area contributed by atoms with Gasteiger partial charge >= 0.3 is 5.97 Å². The molecule has 0 bridgehead atoms. The molecular formula is C14H19NO4S. The van der Waals surface area contributed by atoms with Crippen LogP contribution in [-0.2, 0) is 25.8 Å². The van der Waals surface area contributed by atoms with Crippen molar-refractivity contribution in [3.63, 3.8) is 0 Å². The number of benzene rings is 1. The first-order valence-electron chi connectivity index (χ1n) is 6.67. The fraction of sp³-hybridized carbons (Fsp3) is 0.500. The number of ether oxygens (including phenoxy) is 1. The van der Waals surface area contributed by atoms with Gasteiger partial charge in [-0.05, 0) is 5.56 Å². The highest BCUT2D eigenvalue weighted by atomic mass is 32.2. The second-order valence-corrected chi connectivity index (χ2v) is 7.18. The van der Waals surface area contributed by atoms with Crippen LogP contribution in [0, 0.1) is 0 Å². The molecule has 1 aromatic carbocycles. The standard InChI is InChI=1S/C14H19NO4S/c16-14(12-13-4-2-1-3-5-13)19-9-6-15-7-10-20(17,18)11-8-15/h1-5H,6-12H2.